The van der Waals surface area contributed by atoms with Crippen LogP contribution in [0.5, 0.6) is 5.75 Å². The first-order chi connectivity index (χ1) is 19.3. The monoisotopic (exact) mass is 590 g/mol. The van der Waals surface area contributed by atoms with Crippen LogP contribution in [0, 0.1) is 10.1 Å². The van der Waals surface area contributed by atoms with E-state index in [2.05, 4.69) is 10.1 Å². The van der Waals surface area contributed by atoms with E-state index in [1.807, 2.05) is 4.90 Å². The Balaban J connectivity index is 1.20. The molecule has 1 aliphatic carbocycles. The Bertz CT molecular complexity index is 1230. The van der Waals surface area contributed by atoms with Crippen LogP contribution in [0.1, 0.15) is 31.2 Å². The van der Waals surface area contributed by atoms with Gasteiger partial charge in [0.25, 0.3) is 5.69 Å². The Morgan fingerprint density at radius 1 is 0.976 bits per heavy atom. The first kappa shape index (κ1) is 30.2. The number of nitro benzene ring substituents is 1. The highest BCUT2D eigenvalue weighted by Gasteiger charge is 2.38. The molecule has 1 aliphatic heterocycles. The standard InChI is InChI=1S/C26H28F6N4O5/c27-25(28,29)22-14-18(6-9-23(22)36(38)39)33-17-4-7-20(8-5-17)40-16-24(37)35-12-10-34(11-13-35)19-2-1-3-21(15-19)41-26(30,31)32/h1-3,6,9,14-15,17,20,33H,4-5,7-8,10-13,16H2. The Morgan fingerprint density at radius 2 is 1.66 bits per heavy atom. The number of halogens is 6. The zero-order chi connectivity index (χ0) is 29.8. The molecule has 1 N–H and O–H groups in total. The van der Waals surface area contributed by atoms with Gasteiger partial charge in [0.15, 0.2) is 0 Å². The molecule has 2 aliphatic rings. The largest absolute Gasteiger partial charge is 0.573 e. The minimum absolute atomic E-state index is 0.130. The number of benzene rings is 2. The second-order valence-electron chi connectivity index (χ2n) is 9.83. The summed E-state index contributed by atoms with van der Waals surface area (Å²) in [6.07, 6.45) is -7.53. The molecule has 2 aromatic carbocycles. The van der Waals surface area contributed by atoms with Crippen LogP contribution in [-0.4, -0.2) is 67.0 Å². The van der Waals surface area contributed by atoms with Crippen LogP contribution >= 0.6 is 0 Å². The number of ether oxygens (including phenoxy) is 2. The molecular weight excluding hydrogens is 562 g/mol. The van der Waals surface area contributed by atoms with Crippen molar-refractivity contribution in [1.29, 1.82) is 0 Å². The van der Waals surface area contributed by atoms with Crippen molar-refractivity contribution in [3.05, 3.63) is 58.1 Å². The molecule has 0 spiro atoms. The summed E-state index contributed by atoms with van der Waals surface area (Å²) in [4.78, 5) is 26.1. The lowest BCUT2D eigenvalue weighted by molar-refractivity contribution is -0.388. The van der Waals surface area contributed by atoms with Gasteiger partial charge in [0.1, 0.15) is 17.9 Å². The van der Waals surface area contributed by atoms with E-state index in [4.69, 9.17) is 4.74 Å². The van der Waals surface area contributed by atoms with E-state index >= 15 is 0 Å². The molecule has 1 heterocycles. The molecule has 0 bridgehead atoms. The molecule has 41 heavy (non-hydrogen) atoms. The second kappa shape index (κ2) is 12.4. The minimum atomic E-state index is -4.86. The Hall–Kier alpha value is -3.75. The number of hydrogen-bond donors (Lipinski definition) is 1. The van der Waals surface area contributed by atoms with Crippen molar-refractivity contribution in [2.24, 2.45) is 0 Å². The Morgan fingerprint density at radius 3 is 2.27 bits per heavy atom. The molecule has 224 valence electrons. The lowest BCUT2D eigenvalue weighted by Crippen LogP contribution is -2.50. The predicted octanol–water partition coefficient (Wildman–Crippen LogP) is 5.60. The Kier molecular flexibility index (Phi) is 9.14. The molecule has 2 aromatic rings. The van der Waals surface area contributed by atoms with Crippen LogP contribution in [0.15, 0.2) is 42.5 Å². The van der Waals surface area contributed by atoms with Gasteiger partial charge in [-0.3, -0.25) is 14.9 Å². The molecule has 15 heteroatoms. The van der Waals surface area contributed by atoms with Gasteiger partial charge < -0.3 is 24.6 Å². The van der Waals surface area contributed by atoms with E-state index < -0.39 is 28.7 Å². The highest BCUT2D eigenvalue weighted by atomic mass is 19.4. The van der Waals surface area contributed by atoms with Crippen molar-refractivity contribution in [2.45, 2.75) is 50.4 Å². The molecule has 0 radical (unpaired) electrons. The van der Waals surface area contributed by atoms with Crippen LogP contribution in [0.25, 0.3) is 0 Å². The van der Waals surface area contributed by atoms with Gasteiger partial charge in [-0.2, -0.15) is 13.2 Å². The SMILES string of the molecule is O=C(COC1CCC(Nc2ccc([N+](=O)[O-])c(C(F)(F)F)c2)CC1)N1CCN(c2cccc(OC(F)(F)F)c2)CC1. The topological polar surface area (TPSA) is 97.2 Å². The first-order valence-corrected chi connectivity index (χ1v) is 12.9. The summed E-state index contributed by atoms with van der Waals surface area (Å²) >= 11 is 0. The van der Waals surface area contributed by atoms with E-state index in [0.29, 0.717) is 57.5 Å². The van der Waals surface area contributed by atoms with E-state index in [-0.39, 0.29) is 36.1 Å². The fourth-order valence-corrected chi connectivity index (χ4v) is 4.99. The minimum Gasteiger partial charge on any atom is -0.406 e. The summed E-state index contributed by atoms with van der Waals surface area (Å²) in [5.41, 5.74) is -1.62. The van der Waals surface area contributed by atoms with Crippen LogP contribution in [0.3, 0.4) is 0 Å². The van der Waals surface area contributed by atoms with Gasteiger partial charge in [-0.25, -0.2) is 0 Å². The maximum atomic E-state index is 13.2. The maximum Gasteiger partial charge on any atom is 0.573 e. The molecular formula is C26H28F6N4O5. The van der Waals surface area contributed by atoms with Crippen LogP contribution in [0.4, 0.5) is 43.4 Å². The molecule has 4 rings (SSSR count). The predicted molar refractivity (Wildman–Crippen MR) is 136 cm³/mol. The summed E-state index contributed by atoms with van der Waals surface area (Å²) in [6, 6.07) is 8.34. The van der Waals surface area contributed by atoms with Crippen molar-refractivity contribution in [2.75, 3.05) is 43.0 Å². The average molecular weight is 591 g/mol. The summed E-state index contributed by atoms with van der Waals surface area (Å²) in [6.45, 7) is 1.47. The molecule has 9 nitrogen and oxygen atoms in total. The molecule has 0 atom stereocenters. The molecule has 1 amide bonds. The number of alkyl halides is 6. The van der Waals surface area contributed by atoms with Gasteiger partial charge in [0.05, 0.1) is 11.0 Å². The van der Waals surface area contributed by atoms with Gasteiger partial charge in [-0.15, -0.1) is 13.2 Å². The Labute approximate surface area is 231 Å². The number of nitrogens with one attached hydrogen (secondary N) is 1. The molecule has 0 aromatic heterocycles. The summed E-state index contributed by atoms with van der Waals surface area (Å²) in [5, 5.41) is 14.0. The van der Waals surface area contributed by atoms with Gasteiger partial charge in [-0.1, -0.05) is 6.07 Å². The number of carbonyl (C=O) groups is 1. The number of nitro groups is 1. The number of amides is 1. The lowest BCUT2D eigenvalue weighted by Gasteiger charge is -2.36. The number of hydrogen-bond acceptors (Lipinski definition) is 7. The van der Waals surface area contributed by atoms with E-state index in [9.17, 15) is 41.3 Å². The highest BCUT2D eigenvalue weighted by Crippen LogP contribution is 2.38. The van der Waals surface area contributed by atoms with E-state index in [1.165, 1.54) is 24.3 Å². The zero-order valence-corrected chi connectivity index (χ0v) is 21.7. The number of carbonyl (C=O) groups excluding carboxylic acids is 1. The van der Waals surface area contributed by atoms with Crippen molar-refractivity contribution in [3.8, 4) is 5.75 Å². The maximum absolute atomic E-state index is 13.2. The van der Waals surface area contributed by atoms with Gasteiger partial charge in [0.2, 0.25) is 5.91 Å². The van der Waals surface area contributed by atoms with Crippen LogP contribution in [0.2, 0.25) is 0 Å². The summed E-state index contributed by atoms with van der Waals surface area (Å²) in [5.74, 6) is -0.518. The average Bonchev–Trinajstić information content (AvgIpc) is 2.91. The molecule has 1 saturated heterocycles. The van der Waals surface area contributed by atoms with Gasteiger partial charge in [-0.05, 0) is 49.9 Å². The van der Waals surface area contributed by atoms with Crippen molar-refractivity contribution in [3.63, 3.8) is 0 Å². The number of nitrogens with zero attached hydrogens (tertiary/aromatic N) is 3. The van der Waals surface area contributed by atoms with Crippen LogP contribution in [-0.2, 0) is 15.7 Å². The zero-order valence-electron chi connectivity index (χ0n) is 21.7. The fraction of sp³-hybridized carbons (Fsp3) is 0.500. The summed E-state index contributed by atoms with van der Waals surface area (Å²) in [7, 11) is 0. The van der Waals surface area contributed by atoms with Gasteiger partial charge >= 0.3 is 12.5 Å². The molecule has 0 unspecified atom stereocenters. The van der Waals surface area contributed by atoms with E-state index in [1.54, 1.807) is 11.0 Å². The number of anilines is 2. The van der Waals surface area contributed by atoms with Gasteiger partial charge in [0, 0.05) is 55.7 Å². The number of rotatable bonds is 8. The molecule has 1 saturated carbocycles. The first-order valence-electron chi connectivity index (χ1n) is 12.9. The fourth-order valence-electron chi connectivity index (χ4n) is 4.99. The normalized spacial score (nSPS) is 20.0. The van der Waals surface area contributed by atoms with E-state index in [0.717, 1.165) is 12.1 Å². The van der Waals surface area contributed by atoms with Crippen LogP contribution < -0.4 is 15.0 Å². The smallest absolute Gasteiger partial charge is 0.406 e. The highest BCUT2D eigenvalue weighted by molar-refractivity contribution is 5.77. The van der Waals surface area contributed by atoms with Crippen molar-refractivity contribution < 1.29 is 45.5 Å². The summed E-state index contributed by atoms with van der Waals surface area (Å²) < 4.78 is 87.0. The number of piperazine rings is 1. The van der Waals surface area contributed by atoms with Crippen molar-refractivity contribution in [1.82, 2.24) is 4.90 Å². The lowest BCUT2D eigenvalue weighted by atomic mass is 9.92. The third-order valence-electron chi connectivity index (χ3n) is 7.03. The quantitative estimate of drug-likeness (QED) is 0.243. The van der Waals surface area contributed by atoms with Crippen molar-refractivity contribution >= 4 is 23.0 Å². The second-order valence-corrected chi connectivity index (χ2v) is 9.83. The molecule has 2 fully saturated rings. The third-order valence-corrected chi connectivity index (χ3v) is 7.03. The third kappa shape index (κ3) is 8.38.